The standard InChI is InChI=1S/C15H17O.2ClH.Ti/c1-11-7-6-9-12(11)13-8-4-5-10-14(13)15(2,3)16;;;/h4-8,10H,9H2,1-3H3;2*1H;/q-1;;;+3/p-2. The quantitative estimate of drug-likeness (QED) is 0.590. The molecule has 101 valence electrons. The number of halogens is 2. The van der Waals surface area contributed by atoms with Crippen LogP contribution in [0.4, 0.5) is 0 Å². The molecule has 1 aromatic rings. The third-order valence-electron chi connectivity index (χ3n) is 3.32. The minimum absolute atomic E-state index is 0. The Morgan fingerprint density at radius 3 is 2.32 bits per heavy atom. The van der Waals surface area contributed by atoms with Crippen LogP contribution in [0.25, 0.3) is 5.57 Å². The molecule has 0 heterocycles. The molecule has 0 saturated heterocycles. The molecule has 0 spiro atoms. The molecule has 1 aliphatic rings. The maximum absolute atomic E-state index is 5.62. The van der Waals surface area contributed by atoms with Crippen molar-refractivity contribution in [3.05, 3.63) is 53.1 Å². The molecule has 0 unspecified atom stereocenters. The smallest absolute Gasteiger partial charge is 1.00 e. The van der Waals surface area contributed by atoms with Gasteiger partial charge in [-0.1, -0.05) is 0 Å². The normalized spacial score (nSPS) is 14.2. The van der Waals surface area contributed by atoms with Crippen LogP contribution in [0.3, 0.4) is 0 Å². The molecule has 1 nitrogen and oxygen atoms in total. The Balaban J connectivity index is 0.00000162. The second-order valence-corrected chi connectivity index (χ2v) is 5.24. The Morgan fingerprint density at radius 2 is 1.79 bits per heavy atom. The first kappa shape index (κ1) is 19.0. The van der Waals surface area contributed by atoms with Gasteiger partial charge in [0.15, 0.2) is 0 Å². The molecule has 0 saturated carbocycles. The fourth-order valence-electron chi connectivity index (χ4n) is 2.26. The first-order chi connectivity index (χ1) is 8.06. The molecule has 0 atom stereocenters. The van der Waals surface area contributed by atoms with E-state index < -0.39 is 0 Å². The van der Waals surface area contributed by atoms with Gasteiger partial charge in [-0.25, -0.2) is 0 Å². The zero-order valence-electron chi connectivity index (χ0n) is 11.3. The van der Waals surface area contributed by atoms with Crippen molar-refractivity contribution in [1.82, 2.24) is 0 Å². The molecular formula is C15H17Cl2OTi. The molecule has 1 aromatic carbocycles. The van der Waals surface area contributed by atoms with Gasteiger partial charge in [0.2, 0.25) is 0 Å². The molecule has 0 aliphatic heterocycles. The fourth-order valence-corrected chi connectivity index (χ4v) is 2.44. The monoisotopic (exact) mass is 331 g/mol. The van der Waals surface area contributed by atoms with Crippen LogP contribution < -0.4 is 24.8 Å². The zero-order chi connectivity index (χ0) is 12.5. The number of benzene rings is 1. The van der Waals surface area contributed by atoms with E-state index in [0.717, 1.165) is 6.42 Å². The van der Waals surface area contributed by atoms with Gasteiger partial charge in [0, 0.05) is 0 Å². The van der Waals surface area contributed by atoms with Crippen LogP contribution in [0.5, 0.6) is 0 Å². The van der Waals surface area contributed by atoms with Crippen LogP contribution in [0.1, 0.15) is 38.3 Å². The van der Waals surface area contributed by atoms with Crippen molar-refractivity contribution < 1.29 is 49.0 Å². The Labute approximate surface area is 140 Å². The SMILES string of the molecule is CC1=C(c2ccccc2C(C)(C)[O][Ti+2])CC=C1.[Cl-].[Cl-]. The first-order valence-electron chi connectivity index (χ1n) is 5.87. The predicted octanol–water partition coefficient (Wildman–Crippen LogP) is -1.86. The second kappa shape index (κ2) is 7.66. The number of hydrogen-bond acceptors (Lipinski definition) is 1. The maximum atomic E-state index is 5.62. The van der Waals surface area contributed by atoms with Crippen molar-refractivity contribution in [3.63, 3.8) is 0 Å². The molecular weight excluding hydrogens is 315 g/mol. The maximum Gasteiger partial charge on any atom is -1.00 e. The second-order valence-electron chi connectivity index (χ2n) is 4.93. The Bertz CT molecular complexity index is 493. The summed E-state index contributed by atoms with van der Waals surface area (Å²) in [5.41, 5.74) is 5.13. The molecule has 1 aliphatic carbocycles. The van der Waals surface area contributed by atoms with Crippen molar-refractivity contribution in [1.29, 1.82) is 0 Å². The van der Waals surface area contributed by atoms with E-state index in [4.69, 9.17) is 3.32 Å². The summed E-state index contributed by atoms with van der Waals surface area (Å²) in [5.74, 6) is 0. The van der Waals surface area contributed by atoms with E-state index >= 15 is 0 Å². The third-order valence-corrected chi connectivity index (χ3v) is 4.12. The summed E-state index contributed by atoms with van der Waals surface area (Å²) in [6.45, 7) is 6.41. The van der Waals surface area contributed by atoms with Gasteiger partial charge in [0.1, 0.15) is 0 Å². The zero-order valence-corrected chi connectivity index (χ0v) is 14.4. The molecule has 0 amide bonds. The van der Waals surface area contributed by atoms with E-state index in [9.17, 15) is 0 Å². The molecule has 2 rings (SSSR count). The van der Waals surface area contributed by atoms with E-state index in [1.54, 1.807) is 20.8 Å². The van der Waals surface area contributed by atoms with Crippen molar-refractivity contribution >= 4 is 5.57 Å². The van der Waals surface area contributed by atoms with Gasteiger partial charge in [-0.15, -0.1) is 0 Å². The summed E-state index contributed by atoms with van der Waals surface area (Å²) in [5, 5.41) is 0. The molecule has 0 aromatic heterocycles. The first-order valence-corrected chi connectivity index (χ1v) is 6.51. The van der Waals surface area contributed by atoms with Gasteiger partial charge in [-0.3, -0.25) is 0 Å². The van der Waals surface area contributed by atoms with Gasteiger partial charge in [-0.05, 0) is 0 Å². The minimum atomic E-state index is -0.244. The molecule has 0 fully saturated rings. The summed E-state index contributed by atoms with van der Waals surface area (Å²) in [6, 6.07) is 8.54. The minimum Gasteiger partial charge on any atom is -1.00 e. The topological polar surface area (TPSA) is 9.23 Å². The summed E-state index contributed by atoms with van der Waals surface area (Å²) in [6.07, 6.45) is 5.45. The van der Waals surface area contributed by atoms with E-state index in [2.05, 4.69) is 57.2 Å². The molecule has 4 heteroatoms. The fraction of sp³-hybridized carbons (Fsp3) is 0.333. The summed E-state index contributed by atoms with van der Waals surface area (Å²) < 4.78 is 5.62. The molecule has 0 radical (unpaired) electrons. The summed E-state index contributed by atoms with van der Waals surface area (Å²) in [7, 11) is 0. The van der Waals surface area contributed by atoms with Crippen molar-refractivity contribution in [3.8, 4) is 0 Å². The Morgan fingerprint density at radius 1 is 1.16 bits per heavy atom. The van der Waals surface area contributed by atoms with E-state index in [1.165, 1.54) is 22.3 Å². The van der Waals surface area contributed by atoms with Crippen molar-refractivity contribution in [2.45, 2.75) is 32.8 Å². The number of hydrogen-bond donors (Lipinski definition) is 0. The van der Waals surface area contributed by atoms with Gasteiger partial charge in [0.05, 0.1) is 0 Å². The molecule has 0 bridgehead atoms. The van der Waals surface area contributed by atoms with Crippen LogP contribution in [-0.2, 0) is 29.7 Å². The van der Waals surface area contributed by atoms with Crippen LogP contribution in [-0.4, -0.2) is 0 Å². The van der Waals surface area contributed by atoms with Gasteiger partial charge < -0.3 is 24.8 Å². The van der Waals surface area contributed by atoms with Crippen LogP contribution in [0.2, 0.25) is 0 Å². The Kier molecular flexibility index (Phi) is 7.64. The van der Waals surface area contributed by atoms with Gasteiger partial charge in [0.25, 0.3) is 0 Å². The van der Waals surface area contributed by atoms with Gasteiger partial charge in [-0.2, -0.15) is 0 Å². The summed E-state index contributed by atoms with van der Waals surface area (Å²) >= 11 is 1.77. The van der Waals surface area contributed by atoms with Crippen molar-refractivity contribution in [2.24, 2.45) is 0 Å². The largest absolute Gasteiger partial charge is 1.00 e. The third kappa shape index (κ3) is 3.96. The number of rotatable bonds is 3. The van der Waals surface area contributed by atoms with Crippen LogP contribution in [0.15, 0.2) is 42.0 Å². The molecule has 19 heavy (non-hydrogen) atoms. The van der Waals surface area contributed by atoms with E-state index in [-0.39, 0.29) is 30.4 Å². The van der Waals surface area contributed by atoms with Crippen LogP contribution >= 0.6 is 0 Å². The average molecular weight is 332 g/mol. The van der Waals surface area contributed by atoms with Crippen LogP contribution in [0, 0.1) is 0 Å². The van der Waals surface area contributed by atoms with Gasteiger partial charge >= 0.3 is 116 Å². The van der Waals surface area contributed by atoms with Crippen molar-refractivity contribution in [2.75, 3.05) is 0 Å². The average Bonchev–Trinajstić information content (AvgIpc) is 2.75. The summed E-state index contributed by atoms with van der Waals surface area (Å²) in [4.78, 5) is 0. The van der Waals surface area contributed by atoms with E-state index in [0.29, 0.717) is 0 Å². The molecule has 0 N–H and O–H groups in total. The Hall–Kier alpha value is -0.0457. The number of allylic oxidation sites excluding steroid dienone is 4. The predicted molar refractivity (Wildman–Crippen MR) is 66.9 cm³/mol. The van der Waals surface area contributed by atoms with E-state index in [1.807, 2.05) is 0 Å².